The molecule has 6 heteroatoms. The molecule has 0 aliphatic carbocycles. The number of halogens is 3. The number of nitrogens with one attached hydrogen (secondary N) is 1. The zero-order valence-corrected chi connectivity index (χ0v) is 21.4. The molecular formula is C29H18BrCl2N3. The lowest BCUT2D eigenvalue weighted by Gasteiger charge is -2.04. The Morgan fingerprint density at radius 1 is 0.771 bits per heavy atom. The third-order valence-corrected chi connectivity index (χ3v) is 7.32. The van der Waals surface area contributed by atoms with E-state index in [2.05, 4.69) is 121 Å². The molecule has 0 saturated carbocycles. The third kappa shape index (κ3) is 3.36. The van der Waals surface area contributed by atoms with Gasteiger partial charge in [-0.2, -0.15) is 8.97 Å². The van der Waals surface area contributed by atoms with Crippen LogP contribution < -0.4 is 16.8 Å². The normalized spacial score (nSPS) is 11.5. The maximum Gasteiger partial charge on any atom is 0.255 e. The molecule has 0 spiro atoms. The second kappa shape index (κ2) is 8.42. The number of hydrogen-bond donors (Lipinski definition) is 1. The number of aromatic nitrogens is 3. The number of imidazole rings is 1. The molecule has 1 N–H and O–H groups in total. The van der Waals surface area contributed by atoms with Crippen molar-refractivity contribution in [3.63, 3.8) is 0 Å². The second-order valence-electron chi connectivity index (χ2n) is 8.47. The Hall–Kier alpha value is -3.31. The number of hydrogen-bond acceptors (Lipinski definition) is 0. The molecule has 3 aromatic heterocycles. The van der Waals surface area contributed by atoms with Gasteiger partial charge in [-0.1, -0.05) is 57.9 Å². The number of pyridine rings is 1. The van der Waals surface area contributed by atoms with Gasteiger partial charge in [0.2, 0.25) is 5.52 Å². The standard InChI is InChI=1S/C29H18BrClN3.ClH/c30-19-11-9-18(10-12-19)28-29-27-26(22-5-1-3-7-24(22)32-27)23-6-2-4-8-25(23)34(29)17-33(28)21-15-13-20(31)14-16-21;/h1-17,32H;1H/q+1;/p-1. The highest BCUT2D eigenvalue weighted by molar-refractivity contribution is 9.10. The Kier molecular flexibility index (Phi) is 5.33. The van der Waals surface area contributed by atoms with Crippen LogP contribution in [0.25, 0.3) is 55.2 Å². The fraction of sp³-hybridized carbons (Fsp3) is 0. The number of benzene rings is 4. The van der Waals surface area contributed by atoms with Crippen molar-refractivity contribution < 1.29 is 16.8 Å². The highest BCUT2D eigenvalue weighted by atomic mass is 79.9. The first-order chi connectivity index (χ1) is 16.7. The van der Waals surface area contributed by atoms with Crippen molar-refractivity contribution in [2.24, 2.45) is 0 Å². The van der Waals surface area contributed by atoms with Crippen LogP contribution >= 0.6 is 27.5 Å². The van der Waals surface area contributed by atoms with E-state index in [4.69, 9.17) is 11.6 Å². The van der Waals surface area contributed by atoms with Crippen LogP contribution in [0.2, 0.25) is 5.02 Å². The van der Waals surface area contributed by atoms with Gasteiger partial charge in [0.05, 0.1) is 5.52 Å². The van der Waals surface area contributed by atoms with Crippen molar-refractivity contribution in [2.75, 3.05) is 0 Å². The van der Waals surface area contributed by atoms with E-state index < -0.39 is 0 Å². The summed E-state index contributed by atoms with van der Waals surface area (Å²) in [6.07, 6.45) is 2.18. The molecule has 0 radical (unpaired) electrons. The molecule has 0 atom stereocenters. The van der Waals surface area contributed by atoms with E-state index in [-0.39, 0.29) is 12.4 Å². The highest BCUT2D eigenvalue weighted by Gasteiger charge is 2.27. The Morgan fingerprint density at radius 3 is 2.23 bits per heavy atom. The molecule has 0 amide bonds. The summed E-state index contributed by atoms with van der Waals surface area (Å²) in [5.74, 6) is 0. The number of rotatable bonds is 2. The van der Waals surface area contributed by atoms with Crippen molar-refractivity contribution in [3.8, 4) is 16.9 Å². The van der Waals surface area contributed by atoms with E-state index in [1.807, 2.05) is 12.1 Å². The molecule has 35 heavy (non-hydrogen) atoms. The van der Waals surface area contributed by atoms with Gasteiger partial charge < -0.3 is 17.4 Å². The van der Waals surface area contributed by atoms with Crippen LogP contribution in [-0.2, 0) is 0 Å². The first-order valence-corrected chi connectivity index (χ1v) is 12.3. The maximum atomic E-state index is 6.23. The van der Waals surface area contributed by atoms with Crippen LogP contribution in [-0.4, -0.2) is 9.55 Å². The number of nitrogens with zero attached hydrogens (tertiary/aromatic N) is 2. The fourth-order valence-electron chi connectivity index (χ4n) is 5.06. The molecule has 0 bridgehead atoms. The van der Waals surface area contributed by atoms with Gasteiger partial charge in [0.15, 0.2) is 5.69 Å². The van der Waals surface area contributed by atoms with Crippen LogP contribution in [0.15, 0.2) is 108 Å². The summed E-state index contributed by atoms with van der Waals surface area (Å²) in [4.78, 5) is 3.74. The van der Waals surface area contributed by atoms with Crippen molar-refractivity contribution in [2.45, 2.75) is 0 Å². The summed E-state index contributed by atoms with van der Waals surface area (Å²) in [7, 11) is 0. The first kappa shape index (κ1) is 22.2. The summed E-state index contributed by atoms with van der Waals surface area (Å²) in [6, 6.07) is 33.7. The minimum atomic E-state index is 0. The lowest BCUT2D eigenvalue weighted by molar-refractivity contribution is -0.480. The molecule has 0 aliphatic heterocycles. The van der Waals surface area contributed by atoms with Gasteiger partial charge >= 0.3 is 0 Å². The summed E-state index contributed by atoms with van der Waals surface area (Å²) < 4.78 is 5.62. The largest absolute Gasteiger partial charge is 1.00 e. The van der Waals surface area contributed by atoms with Crippen LogP contribution in [0.3, 0.4) is 0 Å². The van der Waals surface area contributed by atoms with E-state index in [1.54, 1.807) is 0 Å². The minimum Gasteiger partial charge on any atom is -1.00 e. The molecule has 3 nitrogen and oxygen atoms in total. The second-order valence-corrected chi connectivity index (χ2v) is 9.83. The van der Waals surface area contributed by atoms with Crippen molar-refractivity contribution in [1.82, 2.24) is 9.55 Å². The Morgan fingerprint density at radius 2 is 1.46 bits per heavy atom. The van der Waals surface area contributed by atoms with Gasteiger partial charge in [-0.3, -0.25) is 0 Å². The summed E-state index contributed by atoms with van der Waals surface area (Å²) in [5, 5.41) is 4.43. The predicted molar refractivity (Wildman–Crippen MR) is 144 cm³/mol. The van der Waals surface area contributed by atoms with Crippen molar-refractivity contribution in [3.05, 3.63) is 113 Å². The van der Waals surface area contributed by atoms with E-state index in [9.17, 15) is 0 Å². The monoisotopic (exact) mass is 557 g/mol. The van der Waals surface area contributed by atoms with Crippen LogP contribution in [0.1, 0.15) is 0 Å². The molecule has 0 unspecified atom stereocenters. The minimum absolute atomic E-state index is 0. The smallest absolute Gasteiger partial charge is 0.255 e. The number of para-hydroxylation sites is 2. The van der Waals surface area contributed by atoms with Crippen molar-refractivity contribution >= 4 is 65.8 Å². The molecule has 170 valence electrons. The summed E-state index contributed by atoms with van der Waals surface area (Å²) in [5.41, 5.74) is 7.89. The number of H-pyrrole nitrogens is 1. The molecule has 3 heterocycles. The lowest BCUT2D eigenvalue weighted by atomic mass is 10.0. The SMILES string of the molecule is Clc1ccc(-n2c[n+]3c4ccccc4c4c5ccccc5[nH]c4c3c2-c2ccc(Br)cc2)cc1.[Cl-]. The van der Waals surface area contributed by atoms with Gasteiger partial charge in [-0.25, -0.2) is 0 Å². The molecule has 0 fully saturated rings. The van der Waals surface area contributed by atoms with E-state index in [0.717, 1.165) is 43.0 Å². The average Bonchev–Trinajstić information content (AvgIpc) is 3.45. The highest BCUT2D eigenvalue weighted by Crippen LogP contribution is 2.38. The van der Waals surface area contributed by atoms with Gasteiger partial charge in [-0.05, 0) is 66.7 Å². The Labute approximate surface area is 221 Å². The quantitative estimate of drug-likeness (QED) is 0.286. The number of aromatic amines is 1. The van der Waals surface area contributed by atoms with E-state index >= 15 is 0 Å². The van der Waals surface area contributed by atoms with Gasteiger partial charge in [-0.15, -0.1) is 0 Å². The average molecular weight is 559 g/mol. The summed E-state index contributed by atoms with van der Waals surface area (Å²) >= 11 is 9.82. The van der Waals surface area contributed by atoms with Gasteiger partial charge in [0, 0.05) is 36.7 Å². The Bertz CT molecular complexity index is 1870. The van der Waals surface area contributed by atoms with Crippen LogP contribution in [0.5, 0.6) is 0 Å². The van der Waals surface area contributed by atoms with Gasteiger partial charge in [0.1, 0.15) is 11.2 Å². The van der Waals surface area contributed by atoms with Crippen LogP contribution in [0, 0.1) is 0 Å². The molecular weight excluding hydrogens is 541 g/mol. The van der Waals surface area contributed by atoms with Gasteiger partial charge in [0.25, 0.3) is 6.33 Å². The molecule has 7 rings (SSSR count). The molecule has 4 aromatic carbocycles. The summed E-state index contributed by atoms with van der Waals surface area (Å²) in [6.45, 7) is 0. The molecule has 7 aromatic rings. The zero-order valence-electron chi connectivity index (χ0n) is 18.3. The first-order valence-electron chi connectivity index (χ1n) is 11.1. The predicted octanol–water partition coefficient (Wildman–Crippen LogP) is 5.09. The maximum absolute atomic E-state index is 6.23. The van der Waals surface area contributed by atoms with E-state index in [0.29, 0.717) is 0 Å². The number of fused-ring (bicyclic) bond motifs is 8. The fourth-order valence-corrected chi connectivity index (χ4v) is 5.45. The topological polar surface area (TPSA) is 24.8 Å². The lowest BCUT2D eigenvalue weighted by Crippen LogP contribution is -3.00. The van der Waals surface area contributed by atoms with E-state index in [1.165, 1.54) is 21.7 Å². The third-order valence-electron chi connectivity index (χ3n) is 6.54. The molecule has 0 saturated heterocycles. The molecule has 0 aliphatic rings. The van der Waals surface area contributed by atoms with Crippen molar-refractivity contribution in [1.29, 1.82) is 0 Å². The Balaban J connectivity index is 0.00000229. The van der Waals surface area contributed by atoms with Crippen LogP contribution in [0.4, 0.5) is 0 Å². The zero-order chi connectivity index (χ0) is 22.8.